The van der Waals surface area contributed by atoms with Crippen LogP contribution < -0.4 is 5.32 Å². The number of nitrogens with one attached hydrogen (secondary N) is 1. The largest absolute Gasteiger partial charge is 0.383 e. The van der Waals surface area contributed by atoms with Crippen molar-refractivity contribution >= 4 is 5.91 Å². The molecule has 1 N–H and O–H groups in total. The zero-order chi connectivity index (χ0) is 12.7. The molecule has 0 spiro atoms. The normalized spacial score (nSPS) is 25.0. The van der Waals surface area contributed by atoms with Crippen LogP contribution in [0.2, 0.25) is 0 Å². The second kappa shape index (κ2) is 6.93. The Kier molecular flexibility index (Phi) is 5.88. The van der Waals surface area contributed by atoms with E-state index in [1.165, 1.54) is 0 Å². The van der Waals surface area contributed by atoms with Gasteiger partial charge in [0.05, 0.1) is 18.8 Å². The van der Waals surface area contributed by atoms with Crippen LogP contribution in [0.1, 0.15) is 19.8 Å². The number of piperidine rings is 1. The maximum absolute atomic E-state index is 11.9. The lowest BCUT2D eigenvalue weighted by atomic mass is 9.95. The van der Waals surface area contributed by atoms with Crippen molar-refractivity contribution in [3.63, 3.8) is 0 Å². The minimum absolute atomic E-state index is 0.143. The third kappa shape index (κ3) is 4.61. The van der Waals surface area contributed by atoms with Gasteiger partial charge < -0.3 is 19.7 Å². The van der Waals surface area contributed by atoms with Gasteiger partial charge in [0.2, 0.25) is 5.91 Å². The van der Waals surface area contributed by atoms with Crippen LogP contribution in [0.4, 0.5) is 0 Å². The van der Waals surface area contributed by atoms with Crippen molar-refractivity contribution in [3.8, 4) is 0 Å². The van der Waals surface area contributed by atoms with Gasteiger partial charge in [-0.1, -0.05) is 0 Å². The zero-order valence-electron chi connectivity index (χ0n) is 11.1. The number of nitrogens with zero attached hydrogens (tertiary/aromatic N) is 1. The third-order valence-corrected chi connectivity index (χ3v) is 3.26. The van der Waals surface area contributed by atoms with Crippen molar-refractivity contribution < 1.29 is 14.3 Å². The number of likely N-dealkylation sites (tertiary alicyclic amines) is 1. The number of amides is 1. The predicted octanol–water partition coefficient (Wildman–Crippen LogP) is 0.250. The van der Waals surface area contributed by atoms with Gasteiger partial charge >= 0.3 is 0 Å². The SMILES string of the molecule is COCCNCC(=O)N1CCCC(C)(OC)C1. The molecule has 0 aromatic heterocycles. The van der Waals surface area contributed by atoms with E-state index in [9.17, 15) is 4.79 Å². The van der Waals surface area contributed by atoms with Crippen molar-refractivity contribution in [2.24, 2.45) is 0 Å². The highest BCUT2D eigenvalue weighted by Gasteiger charge is 2.32. The van der Waals surface area contributed by atoms with E-state index in [1.54, 1.807) is 14.2 Å². The summed E-state index contributed by atoms with van der Waals surface area (Å²) in [7, 11) is 3.36. The molecule has 1 heterocycles. The number of hydrogen-bond acceptors (Lipinski definition) is 4. The Hall–Kier alpha value is -0.650. The summed E-state index contributed by atoms with van der Waals surface area (Å²) in [4.78, 5) is 13.8. The van der Waals surface area contributed by atoms with Gasteiger partial charge in [-0.05, 0) is 19.8 Å². The average Bonchev–Trinajstić information content (AvgIpc) is 2.34. The van der Waals surface area contributed by atoms with Crippen molar-refractivity contribution in [1.29, 1.82) is 0 Å². The molecule has 1 unspecified atom stereocenters. The van der Waals surface area contributed by atoms with E-state index in [1.807, 2.05) is 4.90 Å². The lowest BCUT2D eigenvalue weighted by molar-refractivity contribution is -0.138. The lowest BCUT2D eigenvalue weighted by Crippen LogP contribution is -2.51. The molecule has 5 heteroatoms. The number of hydrogen-bond donors (Lipinski definition) is 1. The summed E-state index contributed by atoms with van der Waals surface area (Å²) in [5.41, 5.74) is -0.180. The molecular weight excluding hydrogens is 220 g/mol. The van der Waals surface area contributed by atoms with E-state index in [2.05, 4.69) is 12.2 Å². The molecule has 1 amide bonds. The minimum atomic E-state index is -0.180. The summed E-state index contributed by atoms with van der Waals surface area (Å²) < 4.78 is 10.4. The monoisotopic (exact) mass is 244 g/mol. The molecule has 17 heavy (non-hydrogen) atoms. The second-order valence-electron chi connectivity index (χ2n) is 4.74. The number of rotatable bonds is 6. The fourth-order valence-corrected chi connectivity index (χ4v) is 2.07. The molecule has 1 saturated heterocycles. The Bertz CT molecular complexity index is 248. The maximum Gasteiger partial charge on any atom is 0.236 e. The summed E-state index contributed by atoms with van der Waals surface area (Å²) in [6.07, 6.45) is 2.03. The summed E-state index contributed by atoms with van der Waals surface area (Å²) in [5.74, 6) is 0.143. The Labute approximate surface area is 103 Å². The van der Waals surface area contributed by atoms with E-state index in [-0.39, 0.29) is 11.5 Å². The zero-order valence-corrected chi connectivity index (χ0v) is 11.1. The summed E-state index contributed by atoms with van der Waals surface area (Å²) in [5, 5.41) is 3.07. The van der Waals surface area contributed by atoms with Gasteiger partial charge in [-0.2, -0.15) is 0 Å². The van der Waals surface area contributed by atoms with Crippen LogP contribution in [0, 0.1) is 0 Å². The molecular formula is C12H24N2O3. The van der Waals surface area contributed by atoms with Crippen LogP contribution in [0.3, 0.4) is 0 Å². The molecule has 0 aromatic rings. The minimum Gasteiger partial charge on any atom is -0.383 e. The van der Waals surface area contributed by atoms with Gasteiger partial charge in [0.15, 0.2) is 0 Å². The highest BCUT2D eigenvalue weighted by Crippen LogP contribution is 2.23. The van der Waals surface area contributed by atoms with Crippen LogP contribution in [-0.4, -0.2) is 63.4 Å². The molecule has 0 aromatic carbocycles. The molecule has 1 aliphatic rings. The molecule has 0 radical (unpaired) electrons. The molecule has 100 valence electrons. The molecule has 5 nitrogen and oxygen atoms in total. The predicted molar refractivity (Wildman–Crippen MR) is 66.0 cm³/mol. The van der Waals surface area contributed by atoms with Gasteiger partial charge in [-0.3, -0.25) is 4.79 Å². The van der Waals surface area contributed by atoms with Crippen LogP contribution in [0.5, 0.6) is 0 Å². The fourth-order valence-electron chi connectivity index (χ4n) is 2.07. The van der Waals surface area contributed by atoms with Gasteiger partial charge in [0, 0.05) is 33.9 Å². The van der Waals surface area contributed by atoms with Crippen LogP contribution >= 0.6 is 0 Å². The average molecular weight is 244 g/mol. The van der Waals surface area contributed by atoms with Crippen molar-refractivity contribution in [3.05, 3.63) is 0 Å². The highest BCUT2D eigenvalue weighted by molar-refractivity contribution is 5.78. The first-order valence-electron chi connectivity index (χ1n) is 6.14. The van der Waals surface area contributed by atoms with Crippen LogP contribution in [0.25, 0.3) is 0 Å². The quantitative estimate of drug-likeness (QED) is 0.681. The van der Waals surface area contributed by atoms with Gasteiger partial charge in [0.1, 0.15) is 0 Å². The summed E-state index contributed by atoms with van der Waals surface area (Å²) in [6.45, 7) is 5.30. The van der Waals surface area contributed by atoms with E-state index < -0.39 is 0 Å². The van der Waals surface area contributed by atoms with Gasteiger partial charge in [-0.15, -0.1) is 0 Å². The van der Waals surface area contributed by atoms with E-state index in [4.69, 9.17) is 9.47 Å². The number of ether oxygens (including phenoxy) is 2. The van der Waals surface area contributed by atoms with Gasteiger partial charge in [0.25, 0.3) is 0 Å². The Morgan fingerprint density at radius 2 is 2.24 bits per heavy atom. The van der Waals surface area contributed by atoms with Crippen LogP contribution in [-0.2, 0) is 14.3 Å². The van der Waals surface area contributed by atoms with Crippen LogP contribution in [0.15, 0.2) is 0 Å². The van der Waals surface area contributed by atoms with E-state index >= 15 is 0 Å². The second-order valence-corrected chi connectivity index (χ2v) is 4.74. The topological polar surface area (TPSA) is 50.8 Å². The Balaban J connectivity index is 2.31. The van der Waals surface area contributed by atoms with Gasteiger partial charge in [-0.25, -0.2) is 0 Å². The van der Waals surface area contributed by atoms with Crippen molar-refractivity contribution in [1.82, 2.24) is 10.2 Å². The first kappa shape index (κ1) is 14.4. The molecule has 1 aliphatic heterocycles. The number of carbonyl (C=O) groups is 1. The standard InChI is InChI=1S/C12H24N2O3/c1-12(17-3)5-4-7-14(10-12)11(15)9-13-6-8-16-2/h13H,4-10H2,1-3H3. The fraction of sp³-hybridized carbons (Fsp3) is 0.917. The number of carbonyl (C=O) groups excluding carboxylic acids is 1. The Morgan fingerprint density at radius 1 is 1.47 bits per heavy atom. The smallest absolute Gasteiger partial charge is 0.236 e. The highest BCUT2D eigenvalue weighted by atomic mass is 16.5. The first-order valence-corrected chi connectivity index (χ1v) is 6.14. The summed E-state index contributed by atoms with van der Waals surface area (Å²) >= 11 is 0. The lowest BCUT2D eigenvalue weighted by Gasteiger charge is -2.39. The Morgan fingerprint density at radius 3 is 2.88 bits per heavy atom. The third-order valence-electron chi connectivity index (χ3n) is 3.26. The van der Waals surface area contributed by atoms with E-state index in [0.717, 1.165) is 19.4 Å². The molecule has 0 aliphatic carbocycles. The molecule has 1 fully saturated rings. The maximum atomic E-state index is 11.9. The molecule has 0 saturated carbocycles. The van der Waals surface area contributed by atoms with Crippen molar-refractivity contribution in [2.75, 3.05) is 47.0 Å². The number of methoxy groups -OCH3 is 2. The van der Waals surface area contributed by atoms with Crippen molar-refractivity contribution in [2.45, 2.75) is 25.4 Å². The molecule has 0 bridgehead atoms. The van der Waals surface area contributed by atoms with E-state index in [0.29, 0.717) is 26.2 Å². The summed E-state index contributed by atoms with van der Waals surface area (Å²) in [6, 6.07) is 0. The first-order chi connectivity index (χ1) is 8.11. The molecule has 1 atom stereocenters. The molecule has 1 rings (SSSR count).